The van der Waals surface area contributed by atoms with Crippen LogP contribution in [0.2, 0.25) is 0 Å². The second kappa shape index (κ2) is 7.17. The lowest BCUT2D eigenvalue weighted by molar-refractivity contribution is 0.0660. The number of imide groups is 1. The molecule has 1 aliphatic heterocycles. The molecule has 5 nitrogen and oxygen atoms in total. The van der Waals surface area contributed by atoms with Crippen molar-refractivity contribution in [1.82, 2.24) is 9.58 Å². The fourth-order valence-electron chi connectivity index (χ4n) is 3.99. The Hall–Kier alpha value is -3.47. The van der Waals surface area contributed by atoms with E-state index >= 15 is 0 Å². The van der Waals surface area contributed by atoms with E-state index in [1.54, 1.807) is 30.5 Å². The monoisotopic (exact) mass is 385 g/mol. The zero-order valence-corrected chi connectivity index (χ0v) is 17.1. The highest BCUT2D eigenvalue weighted by Gasteiger charge is 2.35. The summed E-state index contributed by atoms with van der Waals surface area (Å²) in [7, 11) is 0. The largest absolute Gasteiger partial charge is 0.317 e. The van der Waals surface area contributed by atoms with Crippen molar-refractivity contribution in [2.75, 3.05) is 0 Å². The highest BCUT2D eigenvalue weighted by molar-refractivity contribution is 6.21. The zero-order chi connectivity index (χ0) is 20.7. The summed E-state index contributed by atoms with van der Waals surface area (Å²) in [5.74, 6) is -0.773. The lowest BCUT2D eigenvalue weighted by atomic mass is 10.1. The maximum atomic E-state index is 12.5. The van der Waals surface area contributed by atoms with Gasteiger partial charge in [0.2, 0.25) is 0 Å². The molecule has 0 aliphatic carbocycles. The maximum absolute atomic E-state index is 12.5. The number of fused-ring (bicyclic) bond motifs is 1. The molecule has 146 valence electrons. The summed E-state index contributed by atoms with van der Waals surface area (Å²) in [4.78, 5) is 25.0. The number of para-hydroxylation sites is 1. The molecule has 5 heteroatoms. The Morgan fingerprint density at radius 2 is 1.59 bits per heavy atom. The summed E-state index contributed by atoms with van der Waals surface area (Å²) >= 11 is 0. The van der Waals surface area contributed by atoms with Crippen molar-refractivity contribution in [3.8, 4) is 5.69 Å². The summed E-state index contributed by atoms with van der Waals surface area (Å²) in [6, 6.07) is 15.2. The third-order valence-electron chi connectivity index (χ3n) is 5.48. The van der Waals surface area contributed by atoms with Crippen LogP contribution in [0.25, 0.3) is 5.69 Å². The van der Waals surface area contributed by atoms with E-state index in [9.17, 15) is 9.59 Å². The number of benzene rings is 2. The smallest absolute Gasteiger partial charge is 0.282 e. The van der Waals surface area contributed by atoms with Gasteiger partial charge in [0.25, 0.3) is 11.8 Å². The average molecular weight is 385 g/mol. The lowest BCUT2D eigenvalue weighted by Crippen LogP contribution is -2.24. The third kappa shape index (κ3) is 2.99. The summed E-state index contributed by atoms with van der Waals surface area (Å²) in [6.07, 6.45) is 2.54. The van der Waals surface area contributed by atoms with Crippen LogP contribution in [0.3, 0.4) is 0 Å². The maximum Gasteiger partial charge on any atom is 0.282 e. The van der Waals surface area contributed by atoms with Crippen LogP contribution in [0.5, 0.6) is 0 Å². The Balaban J connectivity index is 1.72. The lowest BCUT2D eigenvalue weighted by Gasteiger charge is -2.17. The van der Waals surface area contributed by atoms with Crippen molar-refractivity contribution in [2.24, 2.45) is 5.10 Å². The predicted octanol–water partition coefficient (Wildman–Crippen LogP) is 4.60. The first-order valence-corrected chi connectivity index (χ1v) is 9.73. The molecule has 0 radical (unpaired) electrons. The van der Waals surface area contributed by atoms with Gasteiger partial charge in [-0.05, 0) is 56.5 Å². The summed E-state index contributed by atoms with van der Waals surface area (Å²) in [5.41, 5.74) is 7.43. The number of amides is 2. The van der Waals surface area contributed by atoms with Gasteiger partial charge in [-0.15, -0.1) is 0 Å². The minimum absolute atomic E-state index is 0.386. The molecular weight excluding hydrogens is 362 g/mol. The van der Waals surface area contributed by atoms with Gasteiger partial charge in [0, 0.05) is 17.0 Å². The van der Waals surface area contributed by atoms with Gasteiger partial charge < -0.3 is 4.57 Å². The van der Waals surface area contributed by atoms with Gasteiger partial charge in [0.1, 0.15) is 0 Å². The van der Waals surface area contributed by atoms with E-state index in [1.165, 1.54) is 16.8 Å². The molecule has 1 aromatic heterocycles. The van der Waals surface area contributed by atoms with Gasteiger partial charge in [-0.2, -0.15) is 10.1 Å². The molecule has 2 amide bonds. The van der Waals surface area contributed by atoms with Gasteiger partial charge in [-0.3, -0.25) is 9.59 Å². The Labute approximate surface area is 170 Å². The fraction of sp³-hybridized carbons (Fsp3) is 0.208. The quantitative estimate of drug-likeness (QED) is 0.487. The number of carbonyl (C=O) groups is 2. The van der Waals surface area contributed by atoms with Crippen molar-refractivity contribution in [1.29, 1.82) is 0 Å². The summed E-state index contributed by atoms with van der Waals surface area (Å²) in [6.45, 7) is 8.35. The van der Waals surface area contributed by atoms with Crippen molar-refractivity contribution in [3.05, 3.63) is 87.7 Å². The molecular formula is C24H23N3O2. The van der Waals surface area contributed by atoms with Crippen LogP contribution < -0.4 is 0 Å². The van der Waals surface area contributed by atoms with Crippen molar-refractivity contribution >= 4 is 18.0 Å². The molecule has 1 aliphatic rings. The first-order chi connectivity index (χ1) is 13.9. The van der Waals surface area contributed by atoms with Crippen LogP contribution in [0, 0.1) is 20.8 Å². The van der Waals surface area contributed by atoms with E-state index in [2.05, 4.69) is 48.6 Å². The molecule has 0 atom stereocenters. The molecule has 0 saturated carbocycles. The topological polar surface area (TPSA) is 54.7 Å². The molecule has 0 N–H and O–H groups in total. The third-order valence-corrected chi connectivity index (χ3v) is 5.48. The summed E-state index contributed by atoms with van der Waals surface area (Å²) < 4.78 is 2.22. The van der Waals surface area contributed by atoms with E-state index in [0.717, 1.165) is 28.4 Å². The van der Waals surface area contributed by atoms with Crippen LogP contribution in [0.4, 0.5) is 0 Å². The molecule has 0 bridgehead atoms. The second-order valence-electron chi connectivity index (χ2n) is 7.31. The highest BCUT2D eigenvalue weighted by atomic mass is 16.2. The molecule has 0 spiro atoms. The SMILES string of the molecule is CCc1cccc(C)c1-n1c(C)cc(C=NN2C(=O)c3ccccc3C2=O)c1C. The Kier molecular flexibility index (Phi) is 4.66. The average Bonchev–Trinajstić information content (AvgIpc) is 3.13. The van der Waals surface area contributed by atoms with E-state index in [0.29, 0.717) is 11.1 Å². The molecule has 0 fully saturated rings. The molecule has 0 saturated heterocycles. The van der Waals surface area contributed by atoms with Gasteiger partial charge >= 0.3 is 0 Å². The van der Waals surface area contributed by atoms with Crippen LogP contribution >= 0.6 is 0 Å². The zero-order valence-electron chi connectivity index (χ0n) is 17.1. The van der Waals surface area contributed by atoms with Gasteiger partial charge in [-0.25, -0.2) is 0 Å². The first-order valence-electron chi connectivity index (χ1n) is 9.73. The van der Waals surface area contributed by atoms with Gasteiger partial charge in [0.05, 0.1) is 23.0 Å². The fourth-order valence-corrected chi connectivity index (χ4v) is 3.99. The van der Waals surface area contributed by atoms with Crippen molar-refractivity contribution < 1.29 is 9.59 Å². The van der Waals surface area contributed by atoms with Crippen molar-refractivity contribution in [2.45, 2.75) is 34.1 Å². The summed E-state index contributed by atoms with van der Waals surface area (Å²) in [5, 5.41) is 5.19. The molecule has 3 aromatic rings. The number of aromatic nitrogens is 1. The number of nitrogens with zero attached hydrogens (tertiary/aromatic N) is 3. The van der Waals surface area contributed by atoms with E-state index in [1.807, 2.05) is 13.0 Å². The van der Waals surface area contributed by atoms with Crippen LogP contribution in [-0.2, 0) is 6.42 Å². The molecule has 4 rings (SSSR count). The van der Waals surface area contributed by atoms with E-state index < -0.39 is 0 Å². The Morgan fingerprint density at radius 3 is 2.21 bits per heavy atom. The van der Waals surface area contributed by atoms with Crippen LogP contribution in [-0.4, -0.2) is 27.6 Å². The Morgan fingerprint density at radius 1 is 0.931 bits per heavy atom. The minimum atomic E-state index is -0.386. The number of rotatable bonds is 4. The first kappa shape index (κ1) is 18.9. The molecule has 2 aromatic carbocycles. The number of hydrogen-bond acceptors (Lipinski definition) is 3. The number of carbonyl (C=O) groups excluding carboxylic acids is 2. The number of hydrazone groups is 1. The molecule has 2 heterocycles. The van der Waals surface area contributed by atoms with Crippen LogP contribution in [0.1, 0.15) is 55.7 Å². The van der Waals surface area contributed by atoms with E-state index in [-0.39, 0.29) is 11.8 Å². The normalized spacial score (nSPS) is 13.6. The van der Waals surface area contributed by atoms with Crippen molar-refractivity contribution in [3.63, 3.8) is 0 Å². The van der Waals surface area contributed by atoms with Gasteiger partial charge in [0.15, 0.2) is 0 Å². The predicted molar refractivity (Wildman–Crippen MR) is 114 cm³/mol. The molecule has 29 heavy (non-hydrogen) atoms. The number of hydrogen-bond donors (Lipinski definition) is 0. The minimum Gasteiger partial charge on any atom is -0.317 e. The van der Waals surface area contributed by atoms with Gasteiger partial charge in [-0.1, -0.05) is 37.3 Å². The van der Waals surface area contributed by atoms with Crippen LogP contribution in [0.15, 0.2) is 53.6 Å². The molecule has 0 unspecified atom stereocenters. The second-order valence-corrected chi connectivity index (χ2v) is 7.31. The Bertz CT molecular complexity index is 1140. The van der Waals surface area contributed by atoms with E-state index in [4.69, 9.17) is 0 Å². The highest BCUT2D eigenvalue weighted by Crippen LogP contribution is 2.27. The standard InChI is InChI=1S/C24H23N3O2/c1-5-18-10-8-9-15(2)22(18)26-16(3)13-19(17(26)4)14-25-27-23(28)20-11-6-7-12-21(20)24(27)29/h6-14H,5H2,1-4H3. The number of aryl methyl sites for hydroxylation is 3.